The molecule has 2 heterocycles. The van der Waals surface area contributed by atoms with Gasteiger partial charge in [0.05, 0.1) is 16.7 Å². The predicted octanol–water partition coefficient (Wildman–Crippen LogP) is 2.82. The van der Waals surface area contributed by atoms with Crippen molar-refractivity contribution >= 4 is 40.5 Å². The van der Waals surface area contributed by atoms with Crippen LogP contribution in [0.2, 0.25) is 0 Å². The first-order valence-electron chi connectivity index (χ1n) is 11.4. The minimum Gasteiger partial charge on any atom is -0.322 e. The summed E-state index contributed by atoms with van der Waals surface area (Å²) >= 11 is 1.12. The molecule has 1 aliphatic heterocycles. The molecule has 0 radical (unpaired) electrons. The van der Waals surface area contributed by atoms with Gasteiger partial charge in [0.1, 0.15) is 5.54 Å². The van der Waals surface area contributed by atoms with Crippen LogP contribution >= 0.6 is 11.8 Å². The number of benzene rings is 1. The van der Waals surface area contributed by atoms with E-state index in [9.17, 15) is 19.2 Å². The molecule has 2 N–H and O–H groups in total. The van der Waals surface area contributed by atoms with Crippen molar-refractivity contribution in [2.45, 2.75) is 69.6 Å². The number of urea groups is 1. The second-order valence-electron chi connectivity index (χ2n) is 9.09. The summed E-state index contributed by atoms with van der Waals surface area (Å²) in [6.45, 7) is 4.65. The van der Waals surface area contributed by atoms with Crippen LogP contribution in [0.15, 0.2) is 34.2 Å². The number of rotatable bonds is 7. The van der Waals surface area contributed by atoms with E-state index in [1.807, 2.05) is 6.07 Å². The van der Waals surface area contributed by atoms with Gasteiger partial charge in [-0.1, -0.05) is 57.0 Å². The molecule has 0 atom stereocenters. The Morgan fingerprint density at radius 1 is 1.18 bits per heavy atom. The van der Waals surface area contributed by atoms with Gasteiger partial charge in [-0.2, -0.15) is 5.01 Å². The van der Waals surface area contributed by atoms with E-state index in [2.05, 4.69) is 29.6 Å². The Bertz CT molecular complexity index is 1140. The maximum absolute atomic E-state index is 13.0. The standard InChI is InChI=1S/C23H29N5O4S/c1-15(2)10-13-27-19(30)16-8-4-5-9-17(16)24-22(27)33-14-18(29)26-28-20(31)23(25-21(28)32)11-6-3-7-12-23/h4-5,8-9,15H,3,6-7,10-14H2,1-2H3,(H,25,32)(H,26,29). The number of nitrogens with zero attached hydrogens (tertiary/aromatic N) is 3. The Hall–Kier alpha value is -2.88. The molecule has 2 aromatic rings. The fourth-order valence-corrected chi connectivity index (χ4v) is 5.16. The van der Waals surface area contributed by atoms with Crippen molar-refractivity contribution in [2.75, 3.05) is 5.75 Å². The van der Waals surface area contributed by atoms with Crippen LogP contribution in [0, 0.1) is 5.92 Å². The van der Waals surface area contributed by atoms with Crippen molar-refractivity contribution in [1.82, 2.24) is 25.3 Å². The van der Waals surface area contributed by atoms with Gasteiger partial charge >= 0.3 is 6.03 Å². The summed E-state index contributed by atoms with van der Waals surface area (Å²) in [4.78, 5) is 55.5. The molecule has 33 heavy (non-hydrogen) atoms. The minimum absolute atomic E-state index is 0.0868. The Labute approximate surface area is 196 Å². The summed E-state index contributed by atoms with van der Waals surface area (Å²) < 4.78 is 1.60. The van der Waals surface area contributed by atoms with Gasteiger partial charge in [0.25, 0.3) is 11.5 Å². The zero-order valence-corrected chi connectivity index (χ0v) is 19.7. The number of para-hydroxylation sites is 1. The number of aromatic nitrogens is 2. The summed E-state index contributed by atoms with van der Waals surface area (Å²) in [5, 5.41) is 4.54. The first-order chi connectivity index (χ1) is 15.8. The average Bonchev–Trinajstić information content (AvgIpc) is 3.01. The molecule has 1 spiro atoms. The normalized spacial score (nSPS) is 17.7. The van der Waals surface area contributed by atoms with E-state index in [-0.39, 0.29) is 11.3 Å². The number of nitrogens with one attached hydrogen (secondary N) is 2. The number of carbonyl (C=O) groups is 3. The van der Waals surface area contributed by atoms with E-state index in [4.69, 9.17) is 0 Å². The Morgan fingerprint density at radius 2 is 1.91 bits per heavy atom. The SMILES string of the molecule is CC(C)CCn1c(SCC(=O)NN2C(=O)NC3(CCCCC3)C2=O)nc2ccccc2c1=O. The average molecular weight is 472 g/mol. The molecule has 1 aromatic heterocycles. The lowest BCUT2D eigenvalue weighted by Crippen LogP contribution is -2.51. The number of amides is 4. The summed E-state index contributed by atoms with van der Waals surface area (Å²) in [6, 6.07) is 6.53. The topological polar surface area (TPSA) is 113 Å². The lowest BCUT2D eigenvalue weighted by molar-refractivity contribution is -0.139. The predicted molar refractivity (Wildman–Crippen MR) is 126 cm³/mol. The van der Waals surface area contributed by atoms with Crippen LogP contribution in [0.5, 0.6) is 0 Å². The molecule has 1 aromatic carbocycles. The van der Waals surface area contributed by atoms with Crippen molar-refractivity contribution in [2.24, 2.45) is 5.92 Å². The Balaban J connectivity index is 1.48. The molecule has 1 aliphatic carbocycles. The van der Waals surface area contributed by atoms with Gasteiger partial charge < -0.3 is 5.32 Å². The highest BCUT2D eigenvalue weighted by molar-refractivity contribution is 7.99. The van der Waals surface area contributed by atoms with Gasteiger partial charge in [0.15, 0.2) is 5.16 Å². The fourth-order valence-electron chi connectivity index (χ4n) is 4.35. The number of imide groups is 1. The Morgan fingerprint density at radius 3 is 2.64 bits per heavy atom. The lowest BCUT2D eigenvalue weighted by Gasteiger charge is -2.30. The molecule has 1 saturated heterocycles. The largest absolute Gasteiger partial charge is 0.344 e. The molecule has 176 valence electrons. The molecule has 2 aliphatic rings. The van der Waals surface area contributed by atoms with Gasteiger partial charge in [0, 0.05) is 6.54 Å². The Kier molecular flexibility index (Phi) is 6.73. The summed E-state index contributed by atoms with van der Waals surface area (Å²) in [5.74, 6) is -0.593. The van der Waals surface area contributed by atoms with Crippen LogP contribution in [0.1, 0.15) is 52.4 Å². The van der Waals surface area contributed by atoms with Gasteiger partial charge in [-0.05, 0) is 37.3 Å². The quantitative estimate of drug-likeness (QED) is 0.365. The minimum atomic E-state index is -0.896. The number of hydrogen-bond acceptors (Lipinski definition) is 6. The molecular weight excluding hydrogens is 442 g/mol. The fraction of sp³-hybridized carbons (Fsp3) is 0.522. The third kappa shape index (κ3) is 4.75. The highest BCUT2D eigenvalue weighted by atomic mass is 32.2. The molecule has 4 amide bonds. The van der Waals surface area contributed by atoms with Crippen molar-refractivity contribution in [3.8, 4) is 0 Å². The van der Waals surface area contributed by atoms with Gasteiger partial charge in [-0.15, -0.1) is 0 Å². The number of carbonyl (C=O) groups excluding carboxylic acids is 3. The number of thioether (sulfide) groups is 1. The zero-order valence-electron chi connectivity index (χ0n) is 18.9. The van der Waals surface area contributed by atoms with Crippen molar-refractivity contribution in [3.63, 3.8) is 0 Å². The van der Waals surface area contributed by atoms with E-state index >= 15 is 0 Å². The lowest BCUT2D eigenvalue weighted by atomic mass is 9.82. The molecule has 4 rings (SSSR count). The van der Waals surface area contributed by atoms with Crippen LogP contribution in [0.3, 0.4) is 0 Å². The van der Waals surface area contributed by atoms with E-state index in [0.29, 0.717) is 41.4 Å². The third-order valence-electron chi connectivity index (χ3n) is 6.19. The van der Waals surface area contributed by atoms with Crippen LogP contribution in [0.4, 0.5) is 4.79 Å². The van der Waals surface area contributed by atoms with Crippen LogP contribution in [-0.4, -0.2) is 43.7 Å². The van der Waals surface area contributed by atoms with E-state index < -0.39 is 23.4 Å². The number of hydrogen-bond donors (Lipinski definition) is 2. The molecule has 0 unspecified atom stereocenters. The number of fused-ring (bicyclic) bond motifs is 1. The van der Waals surface area contributed by atoms with Crippen molar-refractivity contribution in [3.05, 3.63) is 34.6 Å². The number of hydrazine groups is 1. The first kappa shape index (κ1) is 23.3. The molecule has 10 heteroatoms. The van der Waals surface area contributed by atoms with Gasteiger partial charge in [-0.25, -0.2) is 9.78 Å². The van der Waals surface area contributed by atoms with E-state index in [1.54, 1.807) is 22.8 Å². The van der Waals surface area contributed by atoms with Crippen molar-refractivity contribution < 1.29 is 14.4 Å². The smallest absolute Gasteiger partial charge is 0.322 e. The van der Waals surface area contributed by atoms with Crippen LogP contribution in [0.25, 0.3) is 10.9 Å². The highest BCUT2D eigenvalue weighted by Gasteiger charge is 2.52. The molecule has 1 saturated carbocycles. The van der Waals surface area contributed by atoms with Crippen molar-refractivity contribution in [1.29, 1.82) is 0 Å². The molecular formula is C23H29N5O4S. The van der Waals surface area contributed by atoms with E-state index in [0.717, 1.165) is 42.5 Å². The van der Waals surface area contributed by atoms with Crippen LogP contribution in [-0.2, 0) is 16.1 Å². The maximum Gasteiger partial charge on any atom is 0.344 e. The maximum atomic E-state index is 13.0. The highest BCUT2D eigenvalue weighted by Crippen LogP contribution is 2.33. The first-order valence-corrected chi connectivity index (χ1v) is 12.4. The van der Waals surface area contributed by atoms with Gasteiger partial charge in [-0.3, -0.25) is 24.4 Å². The summed E-state index contributed by atoms with van der Waals surface area (Å²) in [6.07, 6.45) is 4.73. The third-order valence-corrected chi connectivity index (χ3v) is 7.17. The zero-order chi connectivity index (χ0) is 23.6. The second kappa shape index (κ2) is 9.54. The summed E-state index contributed by atoms with van der Waals surface area (Å²) in [5.41, 5.74) is 1.97. The van der Waals surface area contributed by atoms with Gasteiger partial charge in [0.2, 0.25) is 5.91 Å². The van der Waals surface area contributed by atoms with Crippen LogP contribution < -0.4 is 16.3 Å². The second-order valence-corrected chi connectivity index (χ2v) is 10.0. The molecule has 9 nitrogen and oxygen atoms in total. The monoisotopic (exact) mass is 471 g/mol. The van der Waals surface area contributed by atoms with E-state index in [1.165, 1.54) is 0 Å². The molecule has 2 fully saturated rings. The summed E-state index contributed by atoms with van der Waals surface area (Å²) in [7, 11) is 0. The molecule has 0 bridgehead atoms.